The smallest absolute Gasteiger partial charge is 0.410 e. The number of hydrogen-bond donors (Lipinski definition) is 1. The molecule has 1 aliphatic rings. The fourth-order valence-corrected chi connectivity index (χ4v) is 3.02. The summed E-state index contributed by atoms with van der Waals surface area (Å²) in [5.41, 5.74) is 0.847. The Kier molecular flexibility index (Phi) is 5.38. The monoisotopic (exact) mass is 329 g/mol. The third-order valence-electron chi connectivity index (χ3n) is 3.34. The number of carbonyl (C=O) groups is 1. The zero-order chi connectivity index (χ0) is 16.2. The van der Waals surface area contributed by atoms with Crippen LogP contribution >= 0.6 is 0 Å². The van der Waals surface area contributed by atoms with Crippen LogP contribution in [0.25, 0.3) is 0 Å². The Bertz CT molecular complexity index is 603. The molecule has 2 atom stereocenters. The van der Waals surface area contributed by atoms with E-state index in [1.165, 1.54) is 4.90 Å². The lowest BCUT2D eigenvalue weighted by atomic mass is 10.2. The molecule has 0 aliphatic carbocycles. The van der Waals surface area contributed by atoms with Crippen molar-refractivity contribution in [1.82, 2.24) is 4.90 Å². The van der Waals surface area contributed by atoms with Gasteiger partial charge in [-0.25, -0.2) is 4.79 Å². The zero-order valence-corrected chi connectivity index (χ0v) is 13.0. The van der Waals surface area contributed by atoms with Crippen LogP contribution in [0.2, 0.25) is 0 Å². The topological polar surface area (TPSA) is 93.1 Å². The minimum atomic E-state index is -3.60. The Morgan fingerprint density at radius 1 is 1.36 bits per heavy atom. The molecule has 0 bridgehead atoms. The molecule has 1 amide bonds. The van der Waals surface area contributed by atoms with Gasteiger partial charge < -0.3 is 14.7 Å². The van der Waals surface area contributed by atoms with E-state index in [1.54, 1.807) is 0 Å². The van der Waals surface area contributed by atoms with Crippen molar-refractivity contribution in [3.05, 3.63) is 35.9 Å². The van der Waals surface area contributed by atoms with Gasteiger partial charge in [0.15, 0.2) is 0 Å². The van der Waals surface area contributed by atoms with Crippen molar-refractivity contribution in [1.29, 1.82) is 0 Å². The fourth-order valence-electron chi connectivity index (χ4n) is 2.39. The van der Waals surface area contributed by atoms with E-state index in [-0.39, 0.29) is 26.2 Å². The first-order valence-corrected chi connectivity index (χ1v) is 8.67. The highest BCUT2D eigenvalue weighted by atomic mass is 32.2. The second kappa shape index (κ2) is 7.08. The highest BCUT2D eigenvalue weighted by Crippen LogP contribution is 2.22. The van der Waals surface area contributed by atoms with Gasteiger partial charge in [0, 0.05) is 0 Å². The highest BCUT2D eigenvalue weighted by Gasteiger charge is 2.37. The fraction of sp³-hybridized carbons (Fsp3) is 0.500. The highest BCUT2D eigenvalue weighted by molar-refractivity contribution is 7.86. The van der Waals surface area contributed by atoms with Gasteiger partial charge in [0.25, 0.3) is 10.1 Å². The first-order chi connectivity index (χ1) is 10.4. The average molecular weight is 329 g/mol. The molecule has 0 aromatic heterocycles. The second-order valence-corrected chi connectivity index (χ2v) is 6.79. The van der Waals surface area contributed by atoms with Gasteiger partial charge in [-0.3, -0.25) is 4.18 Å². The molecule has 0 saturated carbocycles. The van der Waals surface area contributed by atoms with Crippen molar-refractivity contribution in [2.75, 3.05) is 19.4 Å². The predicted molar refractivity (Wildman–Crippen MR) is 78.5 cm³/mol. The summed E-state index contributed by atoms with van der Waals surface area (Å²) in [7, 11) is -3.60. The van der Waals surface area contributed by atoms with Crippen molar-refractivity contribution >= 4 is 16.2 Å². The molecule has 1 aliphatic heterocycles. The molecule has 1 fully saturated rings. The lowest BCUT2D eigenvalue weighted by molar-refractivity contribution is 0.0780. The molecule has 0 unspecified atom stereocenters. The summed E-state index contributed by atoms with van der Waals surface area (Å²) in [6, 6.07) is 8.69. The van der Waals surface area contributed by atoms with Gasteiger partial charge in [-0.1, -0.05) is 30.3 Å². The number of rotatable bonds is 5. The van der Waals surface area contributed by atoms with Crippen LogP contribution in [0.5, 0.6) is 0 Å². The first kappa shape index (κ1) is 16.7. The number of benzene rings is 1. The van der Waals surface area contributed by atoms with Gasteiger partial charge in [0.2, 0.25) is 0 Å². The summed E-state index contributed by atoms with van der Waals surface area (Å²) in [5, 5.41) is 9.33. The quantitative estimate of drug-likeness (QED) is 0.801. The lowest BCUT2D eigenvalue weighted by Crippen LogP contribution is -2.38. The molecule has 0 spiro atoms. The van der Waals surface area contributed by atoms with Crippen LogP contribution in [0.15, 0.2) is 30.3 Å². The SMILES string of the molecule is CS(=O)(=O)O[C@@H]1C[C@@H](CO)N(C(=O)OCc2ccccc2)C1. The van der Waals surface area contributed by atoms with E-state index >= 15 is 0 Å². The number of aliphatic hydroxyl groups excluding tert-OH is 1. The molecular formula is C14H19NO6S. The zero-order valence-electron chi connectivity index (χ0n) is 12.2. The molecular weight excluding hydrogens is 310 g/mol. The van der Waals surface area contributed by atoms with Crippen LogP contribution in [-0.2, 0) is 25.6 Å². The number of amides is 1. The van der Waals surface area contributed by atoms with Crippen LogP contribution in [0.1, 0.15) is 12.0 Å². The van der Waals surface area contributed by atoms with Gasteiger partial charge in [-0.15, -0.1) is 0 Å². The van der Waals surface area contributed by atoms with E-state index in [9.17, 15) is 18.3 Å². The third-order valence-corrected chi connectivity index (χ3v) is 3.96. The number of aliphatic hydroxyl groups is 1. The Labute approximate surface area is 129 Å². The molecule has 1 aromatic carbocycles. The number of likely N-dealkylation sites (tertiary alicyclic amines) is 1. The molecule has 1 saturated heterocycles. The lowest BCUT2D eigenvalue weighted by Gasteiger charge is -2.21. The largest absolute Gasteiger partial charge is 0.445 e. The normalized spacial score (nSPS) is 21.8. The summed E-state index contributed by atoms with van der Waals surface area (Å²) in [4.78, 5) is 13.4. The van der Waals surface area contributed by atoms with Crippen LogP contribution in [0.4, 0.5) is 4.79 Å². The Morgan fingerprint density at radius 2 is 2.05 bits per heavy atom. The molecule has 1 aromatic rings. The summed E-state index contributed by atoms with van der Waals surface area (Å²) in [6.45, 7) is -0.0814. The van der Waals surface area contributed by atoms with Gasteiger partial charge in [0.1, 0.15) is 6.61 Å². The summed E-state index contributed by atoms with van der Waals surface area (Å²) >= 11 is 0. The van der Waals surface area contributed by atoms with E-state index < -0.39 is 28.4 Å². The van der Waals surface area contributed by atoms with Crippen LogP contribution in [0.3, 0.4) is 0 Å². The van der Waals surface area contributed by atoms with Crippen molar-refractivity contribution in [2.24, 2.45) is 0 Å². The van der Waals surface area contributed by atoms with Crippen molar-refractivity contribution in [3.8, 4) is 0 Å². The van der Waals surface area contributed by atoms with Gasteiger partial charge >= 0.3 is 6.09 Å². The van der Waals surface area contributed by atoms with Crippen molar-refractivity contribution in [2.45, 2.75) is 25.2 Å². The first-order valence-electron chi connectivity index (χ1n) is 6.85. The van der Waals surface area contributed by atoms with E-state index in [0.29, 0.717) is 0 Å². The van der Waals surface area contributed by atoms with Crippen molar-refractivity contribution < 1.29 is 27.2 Å². The molecule has 8 heteroatoms. The molecule has 1 heterocycles. The number of nitrogens with zero attached hydrogens (tertiary/aromatic N) is 1. The summed E-state index contributed by atoms with van der Waals surface area (Å²) in [5.74, 6) is 0. The van der Waals surface area contributed by atoms with Gasteiger partial charge in [-0.05, 0) is 12.0 Å². The standard InChI is InChI=1S/C14H19NO6S/c1-22(18,19)21-13-7-12(9-16)15(8-13)14(17)20-10-11-5-3-2-4-6-11/h2-6,12-13,16H,7-10H2,1H3/t12-,13+/m0/s1. The van der Waals surface area contributed by atoms with E-state index in [2.05, 4.69) is 0 Å². The predicted octanol–water partition coefficient (Wildman–Crippen LogP) is 0.735. The molecule has 122 valence electrons. The maximum absolute atomic E-state index is 12.1. The number of ether oxygens (including phenoxy) is 1. The average Bonchev–Trinajstić information content (AvgIpc) is 2.86. The van der Waals surface area contributed by atoms with Crippen LogP contribution < -0.4 is 0 Å². The molecule has 22 heavy (non-hydrogen) atoms. The molecule has 1 N–H and O–H groups in total. The molecule has 7 nitrogen and oxygen atoms in total. The Balaban J connectivity index is 1.93. The Hall–Kier alpha value is -1.64. The Morgan fingerprint density at radius 3 is 2.64 bits per heavy atom. The van der Waals surface area contributed by atoms with Crippen LogP contribution in [-0.4, -0.2) is 56.1 Å². The third kappa shape index (κ3) is 4.69. The van der Waals surface area contributed by atoms with E-state index in [1.807, 2.05) is 30.3 Å². The second-order valence-electron chi connectivity index (χ2n) is 5.19. The molecule has 2 rings (SSSR count). The van der Waals surface area contributed by atoms with Crippen molar-refractivity contribution in [3.63, 3.8) is 0 Å². The maximum atomic E-state index is 12.1. The van der Waals surface area contributed by atoms with Gasteiger partial charge in [-0.2, -0.15) is 8.42 Å². The number of carbonyl (C=O) groups excluding carboxylic acids is 1. The molecule has 0 radical (unpaired) electrons. The van der Waals surface area contributed by atoms with E-state index in [4.69, 9.17) is 8.92 Å². The van der Waals surface area contributed by atoms with Crippen LogP contribution in [0, 0.1) is 0 Å². The minimum Gasteiger partial charge on any atom is -0.445 e. The maximum Gasteiger partial charge on any atom is 0.410 e. The minimum absolute atomic E-state index is 0.0753. The summed E-state index contributed by atoms with van der Waals surface area (Å²) in [6.07, 6.45) is -0.0413. The van der Waals surface area contributed by atoms with E-state index in [0.717, 1.165) is 11.8 Å². The van der Waals surface area contributed by atoms with Gasteiger partial charge in [0.05, 0.1) is 31.6 Å². The summed E-state index contributed by atoms with van der Waals surface area (Å²) < 4.78 is 32.4. The number of hydrogen-bond acceptors (Lipinski definition) is 6.